The van der Waals surface area contributed by atoms with E-state index in [2.05, 4.69) is 12.2 Å². The molecule has 1 aromatic carbocycles. The van der Waals surface area contributed by atoms with Gasteiger partial charge in [0.15, 0.2) is 5.75 Å². The van der Waals surface area contributed by atoms with Crippen molar-refractivity contribution in [3.63, 3.8) is 0 Å². The number of thiophene rings is 1. The van der Waals surface area contributed by atoms with Gasteiger partial charge in [0.25, 0.3) is 0 Å². The summed E-state index contributed by atoms with van der Waals surface area (Å²) >= 11 is 1.28. The minimum Gasteiger partial charge on any atom is -0.420 e. The molecule has 3 aliphatic rings. The lowest BCUT2D eigenvalue weighted by molar-refractivity contribution is -0.123. The smallest absolute Gasteiger partial charge is 0.353 e. The van der Waals surface area contributed by atoms with Crippen LogP contribution in [-0.4, -0.2) is 17.8 Å². The number of nitrogens with zero attached hydrogens (tertiary/aromatic N) is 1. The molecule has 0 radical (unpaired) electrons. The Morgan fingerprint density at radius 1 is 1.00 bits per heavy atom. The third kappa shape index (κ3) is 2.12. The summed E-state index contributed by atoms with van der Waals surface area (Å²) in [5, 5.41) is 1.79. The highest BCUT2D eigenvalue weighted by molar-refractivity contribution is 7.12. The quantitative estimate of drug-likeness (QED) is 0.362. The van der Waals surface area contributed by atoms with E-state index >= 15 is 0 Å². The molecule has 1 aliphatic heterocycles. The number of carbonyl (C=O) groups is 3. The zero-order valence-electron chi connectivity index (χ0n) is 13.7. The van der Waals surface area contributed by atoms with Gasteiger partial charge in [-0.15, -0.1) is 11.3 Å². The molecule has 2 aromatic rings. The lowest BCUT2D eigenvalue weighted by Crippen LogP contribution is -2.33. The van der Waals surface area contributed by atoms with Crippen LogP contribution in [0.4, 0.5) is 5.69 Å². The van der Waals surface area contributed by atoms with Gasteiger partial charge >= 0.3 is 5.97 Å². The third-order valence-electron chi connectivity index (χ3n) is 5.50. The van der Waals surface area contributed by atoms with Crippen molar-refractivity contribution in [2.24, 2.45) is 23.7 Å². The van der Waals surface area contributed by atoms with E-state index < -0.39 is 5.97 Å². The van der Waals surface area contributed by atoms with Crippen LogP contribution in [0.3, 0.4) is 0 Å². The summed E-state index contributed by atoms with van der Waals surface area (Å²) in [6.45, 7) is 0. The maximum absolute atomic E-state index is 13.0. The SMILES string of the molecule is O=C(Oc1ccccc1N1C(=O)[C@@H]2[C@H](C1=O)[C@@H]1C=C[C@@H]2C1)c1cccs1. The van der Waals surface area contributed by atoms with E-state index in [1.165, 1.54) is 16.2 Å². The first kappa shape index (κ1) is 15.5. The van der Waals surface area contributed by atoms with E-state index in [-0.39, 0.29) is 41.2 Å². The number of fused-ring (bicyclic) bond motifs is 5. The van der Waals surface area contributed by atoms with Crippen LogP contribution in [-0.2, 0) is 9.59 Å². The van der Waals surface area contributed by atoms with Gasteiger partial charge in [-0.3, -0.25) is 9.59 Å². The van der Waals surface area contributed by atoms with E-state index in [0.717, 1.165) is 6.42 Å². The molecule has 1 saturated carbocycles. The van der Waals surface area contributed by atoms with Gasteiger partial charge in [-0.2, -0.15) is 0 Å². The number of rotatable bonds is 3. The van der Waals surface area contributed by atoms with Crippen LogP contribution in [0.5, 0.6) is 5.75 Å². The van der Waals surface area contributed by atoms with Gasteiger partial charge in [-0.1, -0.05) is 30.4 Å². The van der Waals surface area contributed by atoms with Crippen LogP contribution in [0.1, 0.15) is 16.1 Å². The monoisotopic (exact) mass is 365 g/mol. The first-order valence-corrected chi connectivity index (χ1v) is 9.44. The summed E-state index contributed by atoms with van der Waals surface area (Å²) in [5.74, 6) is -0.897. The number of hydrogen-bond acceptors (Lipinski definition) is 5. The summed E-state index contributed by atoms with van der Waals surface area (Å²) in [6, 6.07) is 10.2. The Hall–Kier alpha value is -2.73. The van der Waals surface area contributed by atoms with Crippen LogP contribution in [0.25, 0.3) is 0 Å². The first-order chi connectivity index (χ1) is 12.6. The molecule has 4 atom stereocenters. The molecular formula is C20H15NO4S. The Balaban J connectivity index is 1.49. The second-order valence-electron chi connectivity index (χ2n) is 6.85. The molecule has 0 N–H and O–H groups in total. The molecule has 0 unspecified atom stereocenters. The molecule has 2 amide bonds. The fraction of sp³-hybridized carbons (Fsp3) is 0.250. The fourth-order valence-corrected chi connectivity index (χ4v) is 5.01. The van der Waals surface area contributed by atoms with Crippen molar-refractivity contribution >= 4 is 34.8 Å². The minimum atomic E-state index is -0.492. The first-order valence-electron chi connectivity index (χ1n) is 8.56. The van der Waals surface area contributed by atoms with Crippen molar-refractivity contribution in [2.75, 3.05) is 4.90 Å². The maximum Gasteiger partial charge on any atom is 0.353 e. The molecule has 1 aromatic heterocycles. The van der Waals surface area contributed by atoms with Gasteiger partial charge in [0.1, 0.15) is 4.88 Å². The molecule has 5 nitrogen and oxygen atoms in total. The number of anilines is 1. The minimum absolute atomic E-state index is 0.146. The number of esters is 1. The van der Waals surface area contributed by atoms with Crippen LogP contribution >= 0.6 is 11.3 Å². The Morgan fingerprint density at radius 3 is 2.35 bits per heavy atom. The Labute approximate surface area is 153 Å². The fourth-order valence-electron chi connectivity index (χ4n) is 4.41. The molecule has 2 fully saturated rings. The van der Waals surface area contributed by atoms with Gasteiger partial charge in [0.2, 0.25) is 11.8 Å². The number of carbonyl (C=O) groups excluding carboxylic acids is 3. The molecule has 2 bridgehead atoms. The maximum atomic E-state index is 13.0. The van der Waals surface area contributed by atoms with Gasteiger partial charge in [-0.05, 0) is 41.8 Å². The average molecular weight is 365 g/mol. The number of amides is 2. The van der Waals surface area contributed by atoms with E-state index in [9.17, 15) is 14.4 Å². The molecule has 26 heavy (non-hydrogen) atoms. The molecule has 1 saturated heterocycles. The van der Waals surface area contributed by atoms with E-state index in [1.54, 1.807) is 41.8 Å². The van der Waals surface area contributed by atoms with Crippen molar-refractivity contribution in [1.29, 1.82) is 0 Å². The van der Waals surface area contributed by atoms with Crippen molar-refractivity contribution in [3.8, 4) is 5.75 Å². The highest BCUT2D eigenvalue weighted by atomic mass is 32.1. The highest BCUT2D eigenvalue weighted by Gasteiger charge is 2.59. The van der Waals surface area contributed by atoms with Crippen molar-refractivity contribution in [1.82, 2.24) is 0 Å². The number of imide groups is 1. The molecule has 5 rings (SSSR count). The molecule has 6 heteroatoms. The highest BCUT2D eigenvalue weighted by Crippen LogP contribution is 2.53. The van der Waals surface area contributed by atoms with E-state index in [4.69, 9.17) is 4.74 Å². The van der Waals surface area contributed by atoms with Crippen LogP contribution in [0.2, 0.25) is 0 Å². The standard InChI is InChI=1S/C20H15NO4S/c22-18-16-11-7-8-12(10-11)17(16)19(23)21(18)13-4-1-2-5-14(13)25-20(24)15-6-3-9-26-15/h1-9,11-12,16-17H,10H2/t11-,12-,16-,17+/m1/s1. The lowest BCUT2D eigenvalue weighted by atomic mass is 9.85. The van der Waals surface area contributed by atoms with Crippen molar-refractivity contribution in [2.45, 2.75) is 6.42 Å². The Bertz CT molecular complexity index is 918. The Morgan fingerprint density at radius 2 is 1.69 bits per heavy atom. The summed E-state index contributed by atoms with van der Waals surface area (Å²) < 4.78 is 5.50. The van der Waals surface area contributed by atoms with Crippen molar-refractivity contribution < 1.29 is 19.1 Å². The number of para-hydroxylation sites is 2. The molecule has 2 aliphatic carbocycles. The van der Waals surface area contributed by atoms with Gasteiger partial charge in [0.05, 0.1) is 17.5 Å². The van der Waals surface area contributed by atoms with Crippen LogP contribution < -0.4 is 9.64 Å². The predicted octanol–water partition coefficient (Wildman–Crippen LogP) is 3.28. The Kier molecular flexibility index (Phi) is 3.37. The molecular weight excluding hydrogens is 350 g/mol. The molecule has 130 valence electrons. The zero-order valence-corrected chi connectivity index (χ0v) is 14.5. The number of benzene rings is 1. The second-order valence-corrected chi connectivity index (χ2v) is 7.79. The lowest BCUT2D eigenvalue weighted by Gasteiger charge is -2.19. The number of ether oxygens (including phenoxy) is 1. The van der Waals surface area contributed by atoms with Gasteiger partial charge < -0.3 is 4.74 Å². The van der Waals surface area contributed by atoms with E-state index in [0.29, 0.717) is 10.6 Å². The normalized spacial score (nSPS) is 28.7. The predicted molar refractivity (Wildman–Crippen MR) is 95.9 cm³/mol. The summed E-state index contributed by atoms with van der Waals surface area (Å²) in [7, 11) is 0. The summed E-state index contributed by atoms with van der Waals surface area (Å²) in [5.41, 5.74) is 0.348. The third-order valence-corrected chi connectivity index (χ3v) is 6.35. The van der Waals surface area contributed by atoms with Crippen LogP contribution in [0, 0.1) is 23.7 Å². The van der Waals surface area contributed by atoms with Gasteiger partial charge in [-0.25, -0.2) is 9.69 Å². The topological polar surface area (TPSA) is 63.7 Å². The zero-order chi connectivity index (χ0) is 17.8. The van der Waals surface area contributed by atoms with Crippen molar-refractivity contribution in [3.05, 3.63) is 58.8 Å². The summed E-state index contributed by atoms with van der Waals surface area (Å²) in [6.07, 6.45) is 5.00. The second kappa shape index (κ2) is 5.64. The van der Waals surface area contributed by atoms with E-state index in [1.807, 2.05) is 0 Å². The number of allylic oxidation sites excluding steroid dienone is 2. The largest absolute Gasteiger partial charge is 0.420 e. The number of hydrogen-bond donors (Lipinski definition) is 0. The molecule has 0 spiro atoms. The average Bonchev–Trinajstić information content (AvgIpc) is 3.41. The van der Waals surface area contributed by atoms with Gasteiger partial charge in [0, 0.05) is 0 Å². The molecule has 2 heterocycles. The van der Waals surface area contributed by atoms with Crippen LogP contribution in [0.15, 0.2) is 53.9 Å². The summed E-state index contributed by atoms with van der Waals surface area (Å²) in [4.78, 5) is 40.0.